The number of hydrazone groups is 1. The molecule has 0 aromatic heterocycles. The van der Waals surface area contributed by atoms with Crippen LogP contribution in [0.1, 0.15) is 26.3 Å². The van der Waals surface area contributed by atoms with Gasteiger partial charge in [0.25, 0.3) is 15.9 Å². The lowest BCUT2D eigenvalue weighted by atomic mass is 9.83. The molecule has 10 heteroatoms. The topological polar surface area (TPSA) is 85.6 Å². The van der Waals surface area contributed by atoms with E-state index in [0.717, 1.165) is 16.9 Å². The SMILES string of the molecule is CC1=NN(c2cccc(S(=O)(=O)/N=C/N(C)C)c2)C(=O)/C1=C\C=C1\N(C)c2ccc(Cl)cc2C1(C)C. The summed E-state index contributed by atoms with van der Waals surface area (Å²) in [5.41, 5.74) is 4.19. The number of amides is 1. The number of hydrogen-bond acceptors (Lipinski definition) is 5. The number of sulfonamides is 1. The zero-order valence-corrected chi connectivity index (χ0v) is 22.6. The highest BCUT2D eigenvalue weighted by Crippen LogP contribution is 2.47. The number of fused-ring (bicyclic) bond motifs is 1. The summed E-state index contributed by atoms with van der Waals surface area (Å²) >= 11 is 6.25. The molecular formula is C26H28ClN5O3S. The molecular weight excluding hydrogens is 498 g/mol. The molecule has 0 radical (unpaired) electrons. The van der Waals surface area contributed by atoms with E-state index in [0.29, 0.717) is 22.0 Å². The highest BCUT2D eigenvalue weighted by Gasteiger charge is 2.38. The molecule has 0 atom stereocenters. The van der Waals surface area contributed by atoms with Gasteiger partial charge in [0.2, 0.25) is 0 Å². The van der Waals surface area contributed by atoms with Crippen molar-refractivity contribution in [2.24, 2.45) is 9.50 Å². The van der Waals surface area contributed by atoms with Crippen molar-refractivity contribution in [1.82, 2.24) is 4.90 Å². The molecule has 0 saturated carbocycles. The van der Waals surface area contributed by atoms with E-state index in [1.807, 2.05) is 31.3 Å². The summed E-state index contributed by atoms with van der Waals surface area (Å²) in [6.07, 6.45) is 4.91. The average molecular weight is 526 g/mol. The van der Waals surface area contributed by atoms with Crippen molar-refractivity contribution in [2.75, 3.05) is 31.1 Å². The number of carbonyl (C=O) groups excluding carboxylic acids is 1. The lowest BCUT2D eigenvalue weighted by molar-refractivity contribution is -0.114. The minimum Gasteiger partial charge on any atom is -0.368 e. The maximum absolute atomic E-state index is 13.3. The molecule has 36 heavy (non-hydrogen) atoms. The zero-order valence-electron chi connectivity index (χ0n) is 21.0. The Labute approximate surface area is 216 Å². The Balaban J connectivity index is 1.65. The summed E-state index contributed by atoms with van der Waals surface area (Å²) in [6, 6.07) is 11.9. The van der Waals surface area contributed by atoms with Crippen LogP contribution < -0.4 is 9.91 Å². The normalized spacial score (nSPS) is 19.5. The van der Waals surface area contributed by atoms with Crippen LogP contribution in [0.2, 0.25) is 5.02 Å². The van der Waals surface area contributed by atoms with Gasteiger partial charge in [-0.15, -0.1) is 4.40 Å². The Morgan fingerprint density at radius 3 is 2.53 bits per heavy atom. The fourth-order valence-corrected chi connectivity index (χ4v) is 5.48. The van der Waals surface area contributed by atoms with Gasteiger partial charge in [-0.25, -0.2) is 0 Å². The van der Waals surface area contributed by atoms with Crippen LogP contribution in [0.5, 0.6) is 0 Å². The second-order valence-electron chi connectivity index (χ2n) is 9.44. The van der Waals surface area contributed by atoms with Crippen molar-refractivity contribution >= 4 is 51.0 Å². The van der Waals surface area contributed by atoms with Crippen LogP contribution in [0.4, 0.5) is 11.4 Å². The molecule has 4 rings (SSSR count). The van der Waals surface area contributed by atoms with E-state index in [1.165, 1.54) is 28.4 Å². The molecule has 8 nitrogen and oxygen atoms in total. The van der Waals surface area contributed by atoms with Crippen LogP contribution in [0.3, 0.4) is 0 Å². The first-order valence-corrected chi connectivity index (χ1v) is 13.1. The molecule has 188 valence electrons. The van der Waals surface area contributed by atoms with Gasteiger partial charge in [-0.2, -0.15) is 18.5 Å². The first-order valence-electron chi connectivity index (χ1n) is 11.3. The maximum atomic E-state index is 13.3. The van der Waals surface area contributed by atoms with Crippen LogP contribution in [-0.4, -0.2) is 52.4 Å². The molecule has 0 bridgehead atoms. The van der Waals surface area contributed by atoms with Gasteiger partial charge >= 0.3 is 0 Å². The van der Waals surface area contributed by atoms with Crippen LogP contribution >= 0.6 is 11.6 Å². The number of likely N-dealkylation sites (N-methyl/N-ethyl adjacent to an activating group) is 1. The van der Waals surface area contributed by atoms with Crippen molar-refractivity contribution in [1.29, 1.82) is 0 Å². The number of carbonyl (C=O) groups is 1. The standard InChI is InChI=1S/C26H28ClN5O3S/c1-17-21(11-13-24-26(2,3)22-14-18(27)10-12-23(22)31(24)6)25(33)32(29-17)19-8-7-9-20(15-19)36(34,35)28-16-30(4)5/h7-16H,1-6H3/b21-11-,24-13+,28-16+. The molecule has 0 saturated heterocycles. The van der Waals surface area contributed by atoms with E-state index in [4.69, 9.17) is 11.6 Å². The number of halogens is 1. The van der Waals surface area contributed by atoms with Gasteiger partial charge in [0.05, 0.1) is 21.9 Å². The van der Waals surface area contributed by atoms with E-state index >= 15 is 0 Å². The molecule has 2 aromatic carbocycles. The number of hydrogen-bond donors (Lipinski definition) is 0. The second-order valence-corrected chi connectivity index (χ2v) is 11.5. The van der Waals surface area contributed by atoms with Gasteiger partial charge in [0.15, 0.2) is 0 Å². The van der Waals surface area contributed by atoms with Gasteiger partial charge in [0, 0.05) is 43.0 Å². The van der Waals surface area contributed by atoms with Crippen molar-refractivity contribution in [3.05, 3.63) is 76.5 Å². The summed E-state index contributed by atoms with van der Waals surface area (Å²) in [6.45, 7) is 5.98. The minimum atomic E-state index is -3.92. The fourth-order valence-electron chi connectivity index (χ4n) is 4.35. The smallest absolute Gasteiger partial charge is 0.283 e. The molecule has 0 spiro atoms. The Bertz CT molecular complexity index is 1470. The van der Waals surface area contributed by atoms with Gasteiger partial charge in [-0.1, -0.05) is 31.5 Å². The fraction of sp³-hybridized carbons (Fsp3) is 0.269. The first kappa shape index (κ1) is 25.7. The Morgan fingerprint density at radius 1 is 1.11 bits per heavy atom. The number of nitrogens with zero attached hydrogens (tertiary/aromatic N) is 5. The summed E-state index contributed by atoms with van der Waals surface area (Å²) < 4.78 is 28.8. The summed E-state index contributed by atoms with van der Waals surface area (Å²) in [5.74, 6) is -0.338. The summed E-state index contributed by atoms with van der Waals surface area (Å²) in [4.78, 5) is 16.9. The summed E-state index contributed by atoms with van der Waals surface area (Å²) in [5, 5.41) is 6.29. The third-order valence-electron chi connectivity index (χ3n) is 6.24. The van der Waals surface area contributed by atoms with Crippen LogP contribution in [0.15, 0.2) is 80.3 Å². The minimum absolute atomic E-state index is 0.0240. The molecule has 2 aliphatic heterocycles. The van der Waals surface area contributed by atoms with E-state index in [-0.39, 0.29) is 16.2 Å². The predicted octanol–water partition coefficient (Wildman–Crippen LogP) is 4.58. The molecule has 2 aromatic rings. The Morgan fingerprint density at radius 2 is 1.83 bits per heavy atom. The molecule has 2 heterocycles. The zero-order chi connectivity index (χ0) is 26.4. The van der Waals surface area contributed by atoms with E-state index in [2.05, 4.69) is 28.2 Å². The largest absolute Gasteiger partial charge is 0.368 e. The Hall–Kier alpha value is -3.43. The number of rotatable bonds is 5. The van der Waals surface area contributed by atoms with Crippen molar-refractivity contribution < 1.29 is 13.2 Å². The number of allylic oxidation sites excluding steroid dienone is 3. The predicted molar refractivity (Wildman–Crippen MR) is 145 cm³/mol. The highest BCUT2D eigenvalue weighted by atomic mass is 35.5. The van der Waals surface area contributed by atoms with Crippen molar-refractivity contribution in [2.45, 2.75) is 31.1 Å². The lowest BCUT2D eigenvalue weighted by Gasteiger charge is -2.23. The number of benzene rings is 2. The lowest BCUT2D eigenvalue weighted by Crippen LogP contribution is -2.23. The van der Waals surface area contributed by atoms with Crippen LogP contribution in [0.25, 0.3) is 0 Å². The monoisotopic (exact) mass is 525 g/mol. The Kier molecular flexibility index (Phi) is 6.57. The van der Waals surface area contributed by atoms with Gasteiger partial charge in [0.1, 0.15) is 6.34 Å². The van der Waals surface area contributed by atoms with E-state index in [9.17, 15) is 13.2 Å². The van der Waals surface area contributed by atoms with E-state index < -0.39 is 10.0 Å². The summed E-state index contributed by atoms with van der Waals surface area (Å²) in [7, 11) is 1.42. The molecule has 2 aliphatic rings. The molecule has 0 N–H and O–H groups in total. The first-order chi connectivity index (χ1) is 16.8. The van der Waals surface area contributed by atoms with Gasteiger partial charge < -0.3 is 9.80 Å². The average Bonchev–Trinajstić information content (AvgIpc) is 3.20. The van der Waals surface area contributed by atoms with Crippen LogP contribution in [0, 0.1) is 0 Å². The van der Waals surface area contributed by atoms with Crippen LogP contribution in [-0.2, 0) is 20.2 Å². The number of anilines is 2. The van der Waals surface area contributed by atoms with Crippen molar-refractivity contribution in [3.8, 4) is 0 Å². The second kappa shape index (κ2) is 9.22. The molecule has 0 unspecified atom stereocenters. The van der Waals surface area contributed by atoms with Gasteiger partial charge in [-0.3, -0.25) is 4.79 Å². The van der Waals surface area contributed by atoms with E-state index in [1.54, 1.807) is 39.2 Å². The van der Waals surface area contributed by atoms with Gasteiger partial charge in [-0.05, 0) is 61.0 Å². The molecule has 1 amide bonds. The highest BCUT2D eigenvalue weighted by molar-refractivity contribution is 7.90. The quantitative estimate of drug-likeness (QED) is 0.324. The third-order valence-corrected chi connectivity index (χ3v) is 7.70. The van der Waals surface area contributed by atoms with Crippen molar-refractivity contribution in [3.63, 3.8) is 0 Å². The molecule has 0 aliphatic carbocycles. The molecule has 0 fully saturated rings. The third kappa shape index (κ3) is 4.56. The maximum Gasteiger partial charge on any atom is 0.283 e.